The third kappa shape index (κ3) is 3.68. The number of benzene rings is 2. The van der Waals surface area contributed by atoms with Crippen molar-refractivity contribution in [3.63, 3.8) is 0 Å². The maximum Gasteiger partial charge on any atom is 0.573 e. The molecule has 2 aliphatic rings. The molecule has 10 heteroatoms. The van der Waals surface area contributed by atoms with Gasteiger partial charge in [-0.25, -0.2) is 8.42 Å². The molecule has 2 aromatic carbocycles. The molecule has 1 aromatic heterocycles. The highest BCUT2D eigenvalue weighted by molar-refractivity contribution is 7.91. The Morgan fingerprint density at radius 3 is 2.58 bits per heavy atom. The maximum atomic E-state index is 13.2. The molecule has 2 unspecified atom stereocenters. The van der Waals surface area contributed by atoms with Gasteiger partial charge in [0.25, 0.3) is 0 Å². The third-order valence-electron chi connectivity index (χ3n) is 6.02. The summed E-state index contributed by atoms with van der Waals surface area (Å²) in [5.74, 6) is -0.567. The van der Waals surface area contributed by atoms with Crippen LogP contribution in [0.3, 0.4) is 0 Å². The first-order valence-electron chi connectivity index (χ1n) is 9.61. The minimum absolute atomic E-state index is 0. The van der Waals surface area contributed by atoms with Crippen molar-refractivity contribution in [2.45, 2.75) is 47.5 Å². The van der Waals surface area contributed by atoms with Gasteiger partial charge in [0.2, 0.25) is 9.84 Å². The molecule has 31 heavy (non-hydrogen) atoms. The van der Waals surface area contributed by atoms with Crippen molar-refractivity contribution in [3.8, 4) is 5.75 Å². The summed E-state index contributed by atoms with van der Waals surface area (Å²) in [5, 5.41) is 4.45. The number of hydrogen-bond acceptors (Lipinski definition) is 4. The van der Waals surface area contributed by atoms with Crippen molar-refractivity contribution < 1.29 is 26.3 Å². The molecule has 0 spiro atoms. The Labute approximate surface area is 183 Å². The number of nitrogens with one attached hydrogen (secondary N) is 1. The Kier molecular flexibility index (Phi) is 5.27. The predicted molar refractivity (Wildman–Crippen MR) is 111 cm³/mol. The van der Waals surface area contributed by atoms with Crippen LogP contribution in [0.5, 0.6) is 5.75 Å². The van der Waals surface area contributed by atoms with Gasteiger partial charge in [0.1, 0.15) is 5.75 Å². The minimum Gasteiger partial charge on any atom is -0.406 e. The molecule has 0 saturated carbocycles. The van der Waals surface area contributed by atoms with Crippen molar-refractivity contribution in [2.24, 2.45) is 7.05 Å². The summed E-state index contributed by atoms with van der Waals surface area (Å²) >= 11 is 0. The lowest BCUT2D eigenvalue weighted by atomic mass is 9.99. The van der Waals surface area contributed by atoms with Crippen LogP contribution in [0, 0.1) is 0 Å². The van der Waals surface area contributed by atoms with E-state index in [9.17, 15) is 21.6 Å². The van der Waals surface area contributed by atoms with E-state index in [0.717, 1.165) is 47.9 Å². The number of hydrogen-bond donors (Lipinski definition) is 1. The summed E-state index contributed by atoms with van der Waals surface area (Å²) in [4.78, 5) is -0.194. The zero-order valence-corrected chi connectivity index (χ0v) is 18.1. The average molecular weight is 473 g/mol. The van der Waals surface area contributed by atoms with E-state index >= 15 is 0 Å². The van der Waals surface area contributed by atoms with Crippen LogP contribution in [0.4, 0.5) is 13.2 Å². The first-order chi connectivity index (χ1) is 14.1. The van der Waals surface area contributed by atoms with Gasteiger partial charge in [0, 0.05) is 42.1 Å². The lowest BCUT2D eigenvalue weighted by Gasteiger charge is -2.23. The van der Waals surface area contributed by atoms with Crippen LogP contribution in [-0.2, 0) is 23.3 Å². The van der Waals surface area contributed by atoms with Gasteiger partial charge < -0.3 is 14.6 Å². The van der Waals surface area contributed by atoms with Gasteiger partial charge in [-0.1, -0.05) is 6.07 Å². The van der Waals surface area contributed by atoms with Crippen molar-refractivity contribution in [2.75, 3.05) is 0 Å². The van der Waals surface area contributed by atoms with Crippen LogP contribution in [0.1, 0.15) is 30.1 Å². The number of alkyl halides is 3. The molecule has 3 heterocycles. The lowest BCUT2D eigenvalue weighted by Crippen LogP contribution is -2.32. The van der Waals surface area contributed by atoms with Gasteiger partial charge >= 0.3 is 6.36 Å². The fourth-order valence-corrected chi connectivity index (χ4v) is 6.04. The van der Waals surface area contributed by atoms with Crippen LogP contribution in [0.15, 0.2) is 52.3 Å². The molecule has 1 saturated heterocycles. The Balaban J connectivity index is 0.00000231. The number of rotatable bonds is 3. The first kappa shape index (κ1) is 22.0. The van der Waals surface area contributed by atoms with E-state index in [2.05, 4.69) is 14.6 Å². The second-order valence-electron chi connectivity index (χ2n) is 7.82. The summed E-state index contributed by atoms with van der Waals surface area (Å²) in [6.45, 7) is 0. The van der Waals surface area contributed by atoms with E-state index in [0.29, 0.717) is 6.04 Å². The minimum atomic E-state index is -4.89. The number of halogens is 4. The van der Waals surface area contributed by atoms with Gasteiger partial charge in [-0.15, -0.1) is 25.6 Å². The highest BCUT2D eigenvalue weighted by Gasteiger charge is 2.36. The molecule has 0 aliphatic carbocycles. The summed E-state index contributed by atoms with van der Waals surface area (Å²) in [5.41, 5.74) is 3.29. The molecule has 5 rings (SSSR count). The van der Waals surface area contributed by atoms with Gasteiger partial charge in [-0.05, 0) is 54.8 Å². The van der Waals surface area contributed by atoms with Crippen molar-refractivity contribution in [3.05, 3.63) is 53.7 Å². The fourth-order valence-electron chi connectivity index (χ4n) is 4.72. The largest absolute Gasteiger partial charge is 0.573 e. The predicted octanol–water partition coefficient (Wildman–Crippen LogP) is 4.68. The monoisotopic (exact) mass is 472 g/mol. The van der Waals surface area contributed by atoms with Gasteiger partial charge in [0.15, 0.2) is 0 Å². The molecule has 166 valence electrons. The molecule has 3 aromatic rings. The number of ether oxygens (including phenoxy) is 1. The molecule has 1 fully saturated rings. The standard InChI is InChI=1S/C21H19F3N2O3S.ClH/c1-26-18-8-6-15(11-16(18)20-17-7-5-12(25-17)9-19(20)26)30(27,28)14-4-2-3-13(10-14)29-21(22,23)24;/h2-4,6,8,10-12,17,25H,5,7,9H2,1H3;1H. The number of aromatic nitrogens is 1. The zero-order chi connectivity index (χ0) is 21.3. The van der Waals surface area contributed by atoms with Crippen LogP contribution in [0.2, 0.25) is 0 Å². The number of fused-ring (bicyclic) bond motifs is 6. The Morgan fingerprint density at radius 2 is 1.84 bits per heavy atom. The lowest BCUT2D eigenvalue weighted by molar-refractivity contribution is -0.274. The first-order valence-corrected chi connectivity index (χ1v) is 11.1. The van der Waals surface area contributed by atoms with E-state index in [1.54, 1.807) is 12.1 Å². The molecule has 2 atom stereocenters. The van der Waals surface area contributed by atoms with Crippen molar-refractivity contribution >= 4 is 33.1 Å². The van der Waals surface area contributed by atoms with Crippen LogP contribution in [0.25, 0.3) is 10.9 Å². The highest BCUT2D eigenvalue weighted by atomic mass is 35.5. The summed E-state index contributed by atoms with van der Waals surface area (Å²) in [7, 11) is -2.03. The van der Waals surface area contributed by atoms with Crippen molar-refractivity contribution in [1.29, 1.82) is 0 Å². The van der Waals surface area contributed by atoms with Gasteiger partial charge in [-0.2, -0.15) is 0 Å². The Hall–Kier alpha value is -2.23. The second kappa shape index (κ2) is 7.43. The van der Waals surface area contributed by atoms with Crippen LogP contribution < -0.4 is 10.1 Å². The number of aryl methyl sites for hydroxylation is 1. The average Bonchev–Trinajstić information content (AvgIpc) is 3.19. The summed E-state index contributed by atoms with van der Waals surface area (Å²) in [6.07, 6.45) is -1.90. The molecule has 2 aliphatic heterocycles. The Bertz CT molecular complexity index is 1270. The van der Waals surface area contributed by atoms with E-state index in [1.807, 2.05) is 7.05 Å². The number of sulfone groups is 1. The van der Waals surface area contributed by atoms with Crippen LogP contribution >= 0.6 is 12.4 Å². The highest BCUT2D eigenvalue weighted by Crippen LogP contribution is 2.42. The molecular formula is C21H20ClF3N2O3S. The molecule has 5 nitrogen and oxygen atoms in total. The summed E-state index contributed by atoms with van der Waals surface area (Å²) in [6, 6.07) is 10.0. The third-order valence-corrected chi connectivity index (χ3v) is 7.77. The van der Waals surface area contributed by atoms with Crippen LogP contribution in [-0.4, -0.2) is 25.4 Å². The molecule has 1 N–H and O–H groups in total. The molecule has 0 radical (unpaired) electrons. The SMILES string of the molecule is Cl.Cn1c2c(c3cc(S(=O)(=O)c4cccc(OC(F)(F)F)c4)ccc31)C1CCC(C2)N1. The quantitative estimate of drug-likeness (QED) is 0.601. The molecular weight excluding hydrogens is 453 g/mol. The van der Waals surface area contributed by atoms with E-state index < -0.39 is 21.9 Å². The number of nitrogens with zero attached hydrogens (tertiary/aromatic N) is 1. The topological polar surface area (TPSA) is 60.3 Å². The fraction of sp³-hybridized carbons (Fsp3) is 0.333. The van der Waals surface area contributed by atoms with Gasteiger partial charge in [0.05, 0.1) is 9.79 Å². The zero-order valence-electron chi connectivity index (χ0n) is 16.4. The van der Waals surface area contributed by atoms with E-state index in [1.165, 1.54) is 23.9 Å². The Morgan fingerprint density at radius 1 is 1.10 bits per heavy atom. The molecule has 2 bridgehead atoms. The smallest absolute Gasteiger partial charge is 0.406 e. The second-order valence-corrected chi connectivity index (χ2v) is 9.77. The van der Waals surface area contributed by atoms with Crippen molar-refractivity contribution in [1.82, 2.24) is 9.88 Å². The molecule has 0 amide bonds. The van der Waals surface area contributed by atoms with E-state index in [-0.39, 0.29) is 28.2 Å². The van der Waals surface area contributed by atoms with Gasteiger partial charge in [-0.3, -0.25) is 0 Å². The van der Waals surface area contributed by atoms with E-state index in [4.69, 9.17) is 0 Å². The normalized spacial score (nSPS) is 20.4. The maximum absolute atomic E-state index is 13.2. The summed E-state index contributed by atoms with van der Waals surface area (Å²) < 4.78 is 69.9.